The number of benzene rings is 1. The van der Waals surface area contributed by atoms with Crippen LogP contribution in [0.3, 0.4) is 0 Å². The average molecular weight is 423 g/mol. The molecule has 0 fully saturated rings. The standard InChI is InChI=1S/C23H22FN3O4/c1-3-23(30)7-20(28)31-10-15-16(23)5-19-21-14(9-27(19)22(15)29)13(8-25)12-4-11(2)17(24)6-18(12)26-21/h4-6,30H,3,7-10,25H2,1-2H3/t23-/m1/s1. The van der Waals surface area contributed by atoms with Crippen LogP contribution in [0.2, 0.25) is 0 Å². The zero-order chi connectivity index (χ0) is 22.1. The van der Waals surface area contributed by atoms with Gasteiger partial charge in [-0.2, -0.15) is 0 Å². The van der Waals surface area contributed by atoms with Crippen molar-refractivity contribution in [2.75, 3.05) is 0 Å². The van der Waals surface area contributed by atoms with Crippen molar-refractivity contribution in [3.63, 3.8) is 0 Å². The van der Waals surface area contributed by atoms with Crippen LogP contribution >= 0.6 is 0 Å². The maximum Gasteiger partial charge on any atom is 0.309 e. The van der Waals surface area contributed by atoms with E-state index in [0.717, 1.165) is 16.5 Å². The lowest BCUT2D eigenvalue weighted by molar-refractivity contribution is -0.149. The molecule has 0 amide bonds. The van der Waals surface area contributed by atoms with Crippen molar-refractivity contribution >= 4 is 16.9 Å². The van der Waals surface area contributed by atoms with Crippen molar-refractivity contribution in [2.45, 2.75) is 52.0 Å². The number of hydrogen-bond acceptors (Lipinski definition) is 6. The molecule has 2 aromatic heterocycles. The Labute approximate surface area is 177 Å². The van der Waals surface area contributed by atoms with Gasteiger partial charge in [-0.1, -0.05) is 6.92 Å². The number of hydrogen-bond donors (Lipinski definition) is 2. The van der Waals surface area contributed by atoms with Gasteiger partial charge in [0.1, 0.15) is 18.0 Å². The van der Waals surface area contributed by atoms with Gasteiger partial charge >= 0.3 is 5.97 Å². The lowest BCUT2D eigenvalue weighted by Crippen LogP contribution is -2.32. The van der Waals surface area contributed by atoms with Crippen molar-refractivity contribution in [2.24, 2.45) is 5.73 Å². The number of esters is 1. The normalized spacial score (nSPS) is 19.6. The molecule has 3 N–H and O–H groups in total. The van der Waals surface area contributed by atoms with E-state index in [1.165, 1.54) is 6.07 Å². The second-order valence-corrected chi connectivity index (χ2v) is 8.28. The summed E-state index contributed by atoms with van der Waals surface area (Å²) in [4.78, 5) is 30.1. The van der Waals surface area contributed by atoms with Crippen molar-refractivity contribution in [3.05, 3.63) is 62.2 Å². The second kappa shape index (κ2) is 6.70. The van der Waals surface area contributed by atoms with E-state index in [-0.39, 0.29) is 49.5 Å². The number of carbonyl (C=O) groups is 1. The molecule has 0 unspecified atom stereocenters. The lowest BCUT2D eigenvalue weighted by atomic mass is 9.85. The van der Waals surface area contributed by atoms with Crippen LogP contribution in [0.4, 0.5) is 4.39 Å². The first-order valence-corrected chi connectivity index (χ1v) is 10.2. The third-order valence-electron chi connectivity index (χ3n) is 6.55. The number of halogens is 1. The molecule has 4 heterocycles. The highest BCUT2D eigenvalue weighted by Crippen LogP contribution is 2.40. The van der Waals surface area contributed by atoms with Crippen LogP contribution < -0.4 is 11.3 Å². The molecule has 3 aromatic rings. The summed E-state index contributed by atoms with van der Waals surface area (Å²) >= 11 is 0. The van der Waals surface area contributed by atoms with E-state index in [1.54, 1.807) is 30.5 Å². The average Bonchev–Trinajstić information content (AvgIpc) is 3.04. The van der Waals surface area contributed by atoms with Gasteiger partial charge in [0, 0.05) is 23.6 Å². The predicted molar refractivity (Wildman–Crippen MR) is 112 cm³/mol. The first kappa shape index (κ1) is 19.8. The Kier molecular flexibility index (Phi) is 4.29. The maximum atomic E-state index is 14.2. The molecule has 0 aliphatic carbocycles. The number of fused-ring (bicyclic) bond motifs is 5. The van der Waals surface area contributed by atoms with Crippen molar-refractivity contribution in [1.29, 1.82) is 0 Å². The molecule has 2 aliphatic rings. The number of carbonyl (C=O) groups excluding carboxylic acids is 1. The minimum Gasteiger partial charge on any atom is -0.460 e. The van der Waals surface area contributed by atoms with Gasteiger partial charge in [-0.15, -0.1) is 0 Å². The summed E-state index contributed by atoms with van der Waals surface area (Å²) in [6.45, 7) is 3.73. The molecule has 2 aliphatic heterocycles. The summed E-state index contributed by atoms with van der Waals surface area (Å²) in [6.07, 6.45) is 0.0183. The van der Waals surface area contributed by atoms with Crippen LogP contribution in [0.1, 0.15) is 47.6 Å². The predicted octanol–water partition coefficient (Wildman–Crippen LogP) is 2.38. The molecule has 160 valence electrons. The van der Waals surface area contributed by atoms with E-state index in [4.69, 9.17) is 10.5 Å². The van der Waals surface area contributed by atoms with Crippen LogP contribution in [0, 0.1) is 12.7 Å². The van der Waals surface area contributed by atoms with Crippen molar-refractivity contribution in [1.82, 2.24) is 9.55 Å². The van der Waals surface area contributed by atoms with E-state index in [1.807, 2.05) is 0 Å². The van der Waals surface area contributed by atoms with Gasteiger partial charge in [0.15, 0.2) is 0 Å². The molecule has 31 heavy (non-hydrogen) atoms. The van der Waals surface area contributed by atoms with E-state index in [0.29, 0.717) is 28.0 Å². The first-order valence-electron chi connectivity index (χ1n) is 10.2. The molecule has 0 spiro atoms. The number of pyridine rings is 2. The van der Waals surface area contributed by atoms with E-state index >= 15 is 0 Å². The summed E-state index contributed by atoms with van der Waals surface area (Å²) in [6, 6.07) is 4.83. The molecule has 7 nitrogen and oxygen atoms in total. The fourth-order valence-corrected chi connectivity index (χ4v) is 4.72. The highest BCUT2D eigenvalue weighted by Gasteiger charge is 2.39. The molecular weight excluding hydrogens is 401 g/mol. The summed E-state index contributed by atoms with van der Waals surface area (Å²) in [5.41, 5.74) is 8.55. The highest BCUT2D eigenvalue weighted by molar-refractivity contribution is 5.88. The molecule has 1 aromatic carbocycles. The molecule has 0 radical (unpaired) electrons. The third-order valence-corrected chi connectivity index (χ3v) is 6.55. The van der Waals surface area contributed by atoms with Crippen LogP contribution in [0.5, 0.6) is 0 Å². The van der Waals surface area contributed by atoms with Crippen LogP contribution in [-0.2, 0) is 34.8 Å². The van der Waals surface area contributed by atoms with E-state index in [9.17, 15) is 19.1 Å². The van der Waals surface area contributed by atoms with Gasteiger partial charge in [-0.25, -0.2) is 9.37 Å². The lowest BCUT2D eigenvalue weighted by Gasteiger charge is -2.26. The molecular formula is C23H22FN3O4. The minimum absolute atomic E-state index is 0.185. The van der Waals surface area contributed by atoms with E-state index < -0.39 is 11.6 Å². The third kappa shape index (κ3) is 2.75. The molecule has 8 heteroatoms. The molecule has 0 bridgehead atoms. The van der Waals surface area contributed by atoms with Crippen LogP contribution in [0.25, 0.3) is 22.3 Å². The Balaban J connectivity index is 1.82. The number of nitrogens with zero attached hydrogens (tertiary/aromatic N) is 2. The minimum atomic E-state index is -1.50. The Morgan fingerprint density at radius 1 is 1.29 bits per heavy atom. The van der Waals surface area contributed by atoms with Gasteiger partial charge in [0.2, 0.25) is 0 Å². The fraction of sp³-hybridized carbons (Fsp3) is 0.348. The van der Waals surface area contributed by atoms with Crippen LogP contribution in [0.15, 0.2) is 23.0 Å². The monoisotopic (exact) mass is 423 g/mol. The van der Waals surface area contributed by atoms with Gasteiger partial charge in [0.25, 0.3) is 5.56 Å². The molecule has 5 rings (SSSR count). The van der Waals surface area contributed by atoms with Gasteiger partial charge in [0.05, 0.1) is 35.4 Å². The van der Waals surface area contributed by atoms with Crippen molar-refractivity contribution < 1.29 is 19.0 Å². The Morgan fingerprint density at radius 3 is 2.77 bits per heavy atom. The number of nitrogens with two attached hydrogens (primary N) is 1. The molecule has 0 saturated heterocycles. The topological polar surface area (TPSA) is 107 Å². The zero-order valence-electron chi connectivity index (χ0n) is 17.3. The van der Waals surface area contributed by atoms with Crippen molar-refractivity contribution in [3.8, 4) is 11.4 Å². The molecule has 1 atom stereocenters. The number of rotatable bonds is 2. The largest absolute Gasteiger partial charge is 0.460 e. The number of aryl methyl sites for hydroxylation is 1. The summed E-state index contributed by atoms with van der Waals surface area (Å²) in [7, 11) is 0. The Morgan fingerprint density at radius 2 is 2.06 bits per heavy atom. The molecule has 0 saturated carbocycles. The smallest absolute Gasteiger partial charge is 0.309 e. The van der Waals surface area contributed by atoms with Crippen LogP contribution in [-0.4, -0.2) is 20.6 Å². The number of cyclic esters (lactones) is 1. The SMILES string of the molecule is CC[C@@]1(O)CC(=O)OCc2c1cc1n(c2=O)Cc2c-1nc1cc(F)c(C)cc1c2CN. The van der Waals surface area contributed by atoms with Gasteiger partial charge < -0.3 is 20.1 Å². The zero-order valence-corrected chi connectivity index (χ0v) is 17.3. The highest BCUT2D eigenvalue weighted by atomic mass is 19.1. The Bertz CT molecular complexity index is 1350. The van der Waals surface area contributed by atoms with Gasteiger partial charge in [-0.05, 0) is 42.2 Å². The van der Waals surface area contributed by atoms with E-state index in [2.05, 4.69) is 4.98 Å². The fourth-order valence-electron chi connectivity index (χ4n) is 4.72. The number of aliphatic hydroxyl groups is 1. The first-order chi connectivity index (χ1) is 14.8. The summed E-state index contributed by atoms with van der Waals surface area (Å²) in [5.74, 6) is -0.915. The summed E-state index contributed by atoms with van der Waals surface area (Å²) in [5, 5.41) is 12.0. The maximum absolute atomic E-state index is 14.2. The van der Waals surface area contributed by atoms with Gasteiger partial charge in [-0.3, -0.25) is 9.59 Å². The Hall–Kier alpha value is -3.10. The summed E-state index contributed by atoms with van der Waals surface area (Å²) < 4.78 is 21.0. The number of ether oxygens (including phenoxy) is 1. The second-order valence-electron chi connectivity index (χ2n) is 8.28. The number of aromatic nitrogens is 2. The quantitative estimate of drug-likeness (QED) is 0.480.